The van der Waals surface area contributed by atoms with E-state index in [1.807, 2.05) is 24.3 Å². The van der Waals surface area contributed by atoms with Crippen molar-refractivity contribution in [2.75, 3.05) is 13.7 Å². The van der Waals surface area contributed by atoms with Crippen LogP contribution in [0, 0.1) is 11.3 Å². The summed E-state index contributed by atoms with van der Waals surface area (Å²) in [5, 5.41) is 8.82. The van der Waals surface area contributed by atoms with Crippen molar-refractivity contribution in [3.8, 4) is 17.2 Å². The van der Waals surface area contributed by atoms with Crippen LogP contribution in [-0.2, 0) is 17.8 Å². The predicted molar refractivity (Wildman–Crippen MR) is 80.1 cm³/mol. The van der Waals surface area contributed by atoms with Crippen LogP contribution in [-0.4, -0.2) is 13.7 Å². The fourth-order valence-corrected chi connectivity index (χ4v) is 2.39. The zero-order valence-electron chi connectivity index (χ0n) is 11.6. The van der Waals surface area contributed by atoms with Crippen molar-refractivity contribution in [2.24, 2.45) is 5.73 Å². The Kier molecular flexibility index (Phi) is 4.89. The van der Waals surface area contributed by atoms with Gasteiger partial charge in [-0.3, -0.25) is 0 Å². The zero-order valence-corrected chi connectivity index (χ0v) is 11.6. The van der Waals surface area contributed by atoms with Crippen LogP contribution in [0.25, 0.3) is 11.1 Å². The highest BCUT2D eigenvalue weighted by atomic mass is 16.5. The lowest BCUT2D eigenvalue weighted by Crippen LogP contribution is -2.10. The van der Waals surface area contributed by atoms with Crippen molar-refractivity contribution < 1.29 is 4.74 Å². The number of rotatable bonds is 1. The molecule has 0 amide bonds. The van der Waals surface area contributed by atoms with Gasteiger partial charge in [-0.05, 0) is 47.9 Å². The van der Waals surface area contributed by atoms with Gasteiger partial charge in [-0.2, -0.15) is 5.26 Å². The van der Waals surface area contributed by atoms with Crippen LogP contribution in [0.2, 0.25) is 0 Å². The molecule has 0 radical (unpaired) electrons. The number of hydrogen-bond donors (Lipinski definition) is 1. The number of fused-ring (bicyclic) bond motifs is 1. The van der Waals surface area contributed by atoms with Crippen LogP contribution >= 0.6 is 0 Å². The molecule has 0 saturated heterocycles. The summed E-state index contributed by atoms with van der Waals surface area (Å²) in [7, 11) is 1.50. The van der Waals surface area contributed by atoms with Gasteiger partial charge in [0.2, 0.25) is 0 Å². The van der Waals surface area contributed by atoms with Crippen molar-refractivity contribution in [3.05, 3.63) is 59.2 Å². The fourth-order valence-electron chi connectivity index (χ4n) is 2.39. The molecule has 1 aliphatic rings. The summed E-state index contributed by atoms with van der Waals surface area (Å²) in [5.74, 6) is 0. The van der Waals surface area contributed by atoms with E-state index >= 15 is 0 Å². The van der Waals surface area contributed by atoms with Crippen LogP contribution in [0.15, 0.2) is 42.5 Å². The zero-order chi connectivity index (χ0) is 14.4. The fraction of sp³-hybridized carbons (Fsp3) is 0.235. The average Bonchev–Trinajstić information content (AvgIpc) is 2.56. The van der Waals surface area contributed by atoms with Crippen molar-refractivity contribution in [2.45, 2.75) is 13.0 Å². The maximum absolute atomic E-state index is 8.82. The Morgan fingerprint density at radius 3 is 2.55 bits per heavy atom. The molecule has 3 rings (SSSR count). The summed E-state index contributed by atoms with van der Waals surface area (Å²) in [6.07, 6.45) is 0.986. The lowest BCUT2D eigenvalue weighted by molar-refractivity contribution is 0.111. The summed E-state index contributed by atoms with van der Waals surface area (Å²) < 4.78 is 5.55. The molecule has 2 N–H and O–H groups in total. The second kappa shape index (κ2) is 6.85. The summed E-state index contributed by atoms with van der Waals surface area (Å²) in [6, 6.07) is 16.3. The highest BCUT2D eigenvalue weighted by Crippen LogP contribution is 2.29. The Labute approximate surface area is 119 Å². The minimum Gasteiger partial charge on any atom is -0.376 e. The van der Waals surface area contributed by atoms with E-state index in [1.54, 1.807) is 0 Å². The van der Waals surface area contributed by atoms with Gasteiger partial charge >= 0.3 is 0 Å². The molecule has 0 fully saturated rings. The monoisotopic (exact) mass is 266 g/mol. The van der Waals surface area contributed by atoms with Gasteiger partial charge in [0.1, 0.15) is 0 Å². The molecule has 20 heavy (non-hydrogen) atoms. The Hall–Kier alpha value is -2.15. The first-order valence-electron chi connectivity index (χ1n) is 6.65. The summed E-state index contributed by atoms with van der Waals surface area (Å²) in [6.45, 7) is 1.50. The second-order valence-corrected chi connectivity index (χ2v) is 4.43. The minimum absolute atomic E-state index is 0.686. The molecule has 0 unspecified atom stereocenters. The van der Waals surface area contributed by atoms with Crippen molar-refractivity contribution in [1.82, 2.24) is 0 Å². The molecule has 3 heteroatoms. The Bertz CT molecular complexity index is 612. The molecule has 1 aliphatic heterocycles. The molecule has 0 atom stereocenters. The molecule has 2 aromatic rings. The molecule has 3 nitrogen and oxygen atoms in total. The van der Waals surface area contributed by atoms with Crippen LogP contribution in [0.3, 0.4) is 0 Å². The standard InChI is InChI=1S/C16H13NO.CH5N/c17-10-12-4-6-14(7-5-12)15-3-1-2-13-8-9-18-11-16(13)15;1-2/h1-7H,8-9,11H2;2H2,1H3. The third-order valence-electron chi connectivity index (χ3n) is 3.36. The lowest BCUT2D eigenvalue weighted by atomic mass is 9.93. The summed E-state index contributed by atoms with van der Waals surface area (Å²) >= 11 is 0. The van der Waals surface area contributed by atoms with Crippen molar-refractivity contribution in [1.29, 1.82) is 5.26 Å². The van der Waals surface area contributed by atoms with Gasteiger partial charge in [0.15, 0.2) is 0 Å². The number of benzene rings is 2. The smallest absolute Gasteiger partial charge is 0.0991 e. The predicted octanol–water partition coefficient (Wildman–Crippen LogP) is 2.87. The van der Waals surface area contributed by atoms with Gasteiger partial charge in [0, 0.05) is 0 Å². The maximum Gasteiger partial charge on any atom is 0.0991 e. The molecule has 0 bridgehead atoms. The van der Waals surface area contributed by atoms with Gasteiger partial charge < -0.3 is 10.5 Å². The largest absolute Gasteiger partial charge is 0.376 e. The van der Waals surface area contributed by atoms with Crippen LogP contribution in [0.5, 0.6) is 0 Å². The first kappa shape index (κ1) is 14.3. The van der Waals surface area contributed by atoms with E-state index in [4.69, 9.17) is 10.00 Å². The lowest BCUT2D eigenvalue weighted by Gasteiger charge is -2.19. The molecule has 0 aromatic heterocycles. The molecule has 102 valence electrons. The first-order chi connectivity index (χ1) is 9.88. The molecular formula is C17H18N2O. The Morgan fingerprint density at radius 1 is 1.10 bits per heavy atom. The Balaban J connectivity index is 0.000000704. The van der Waals surface area contributed by atoms with Gasteiger partial charge in [-0.15, -0.1) is 0 Å². The Morgan fingerprint density at radius 2 is 1.85 bits per heavy atom. The topological polar surface area (TPSA) is 59.0 Å². The van der Waals surface area contributed by atoms with Crippen LogP contribution in [0.1, 0.15) is 16.7 Å². The highest BCUT2D eigenvalue weighted by molar-refractivity contribution is 5.69. The van der Waals surface area contributed by atoms with E-state index in [0.717, 1.165) is 18.6 Å². The molecule has 1 heterocycles. The average molecular weight is 266 g/mol. The van der Waals surface area contributed by atoms with Crippen molar-refractivity contribution >= 4 is 0 Å². The van der Waals surface area contributed by atoms with Gasteiger partial charge in [0.05, 0.1) is 24.8 Å². The van der Waals surface area contributed by atoms with Crippen LogP contribution < -0.4 is 5.73 Å². The number of hydrogen-bond acceptors (Lipinski definition) is 3. The summed E-state index contributed by atoms with van der Waals surface area (Å²) in [5.41, 5.74) is 10.2. The van der Waals surface area contributed by atoms with Crippen molar-refractivity contribution in [3.63, 3.8) is 0 Å². The van der Waals surface area contributed by atoms with E-state index < -0.39 is 0 Å². The van der Waals surface area contributed by atoms with E-state index in [9.17, 15) is 0 Å². The third kappa shape index (κ3) is 2.88. The number of nitriles is 1. The molecule has 2 aromatic carbocycles. The number of nitrogens with zero attached hydrogens (tertiary/aromatic N) is 1. The minimum atomic E-state index is 0.686. The first-order valence-corrected chi connectivity index (χ1v) is 6.65. The van der Waals surface area contributed by atoms with Crippen LogP contribution in [0.4, 0.5) is 0 Å². The SMILES string of the molecule is CN.N#Cc1ccc(-c2cccc3c2COCC3)cc1. The maximum atomic E-state index is 8.82. The number of ether oxygens (including phenoxy) is 1. The van der Waals surface area contributed by atoms with E-state index in [2.05, 4.69) is 30.0 Å². The van der Waals surface area contributed by atoms with Gasteiger partial charge in [-0.25, -0.2) is 0 Å². The molecular weight excluding hydrogens is 248 g/mol. The quantitative estimate of drug-likeness (QED) is 0.863. The summed E-state index contributed by atoms with van der Waals surface area (Å²) in [4.78, 5) is 0. The second-order valence-electron chi connectivity index (χ2n) is 4.43. The highest BCUT2D eigenvalue weighted by Gasteiger charge is 2.13. The van der Waals surface area contributed by atoms with E-state index in [0.29, 0.717) is 12.2 Å². The normalized spacial score (nSPS) is 12.7. The van der Waals surface area contributed by atoms with Gasteiger partial charge in [-0.1, -0.05) is 30.3 Å². The molecule has 0 spiro atoms. The van der Waals surface area contributed by atoms with Gasteiger partial charge in [0.25, 0.3) is 0 Å². The molecule has 0 aliphatic carbocycles. The number of nitrogens with two attached hydrogens (primary N) is 1. The third-order valence-corrected chi connectivity index (χ3v) is 3.36. The van der Waals surface area contributed by atoms with E-state index in [-0.39, 0.29) is 0 Å². The molecule has 0 saturated carbocycles. The van der Waals surface area contributed by atoms with E-state index in [1.165, 1.54) is 23.7 Å².